The number of hydrogen-bond donors (Lipinski definition) is 1. The summed E-state index contributed by atoms with van der Waals surface area (Å²) in [4.78, 5) is 7.29. The van der Waals surface area contributed by atoms with E-state index in [-0.39, 0.29) is 0 Å². The molecule has 5 heteroatoms. The summed E-state index contributed by atoms with van der Waals surface area (Å²) < 4.78 is 7.83. The Hall–Kier alpha value is -1.85. The molecule has 2 N–H and O–H groups in total. The lowest BCUT2D eigenvalue weighted by atomic mass is 10.1. The third kappa shape index (κ3) is 2.86. The Labute approximate surface area is 140 Å². The van der Waals surface area contributed by atoms with Crippen molar-refractivity contribution in [3.63, 3.8) is 0 Å². The zero-order valence-corrected chi connectivity index (χ0v) is 14.7. The van der Waals surface area contributed by atoms with Crippen LogP contribution in [-0.2, 0) is 12.8 Å². The SMILES string of the molecule is CCOc1ccc(-c2nc3sc(C)c(CC)n3c2CCN)cc1. The Morgan fingerprint density at radius 2 is 1.91 bits per heavy atom. The van der Waals surface area contributed by atoms with Gasteiger partial charge >= 0.3 is 0 Å². The second kappa shape index (κ2) is 6.72. The normalized spacial score (nSPS) is 11.3. The maximum absolute atomic E-state index is 5.86. The summed E-state index contributed by atoms with van der Waals surface area (Å²) in [6.07, 6.45) is 1.83. The van der Waals surface area contributed by atoms with Crippen molar-refractivity contribution in [1.29, 1.82) is 0 Å². The summed E-state index contributed by atoms with van der Waals surface area (Å²) in [6, 6.07) is 8.17. The standard InChI is InChI=1S/C18H23N3OS/c1-4-15-12(3)23-18-20-17(16(10-11-19)21(15)18)13-6-8-14(9-7-13)22-5-2/h6-9H,4-5,10-11,19H2,1-3H3. The highest BCUT2D eigenvalue weighted by Gasteiger charge is 2.18. The van der Waals surface area contributed by atoms with Gasteiger partial charge in [0.25, 0.3) is 0 Å². The Bertz CT molecular complexity index is 802. The van der Waals surface area contributed by atoms with E-state index in [2.05, 4.69) is 30.4 Å². The number of thiazole rings is 1. The molecule has 0 unspecified atom stereocenters. The number of nitrogens with zero attached hydrogens (tertiary/aromatic N) is 2. The Morgan fingerprint density at radius 3 is 2.52 bits per heavy atom. The fourth-order valence-electron chi connectivity index (χ4n) is 3.01. The van der Waals surface area contributed by atoms with E-state index in [0.717, 1.165) is 34.8 Å². The minimum atomic E-state index is 0.621. The molecule has 0 radical (unpaired) electrons. The first-order chi connectivity index (χ1) is 11.2. The zero-order valence-electron chi connectivity index (χ0n) is 13.9. The van der Waals surface area contributed by atoms with Crippen LogP contribution in [-0.4, -0.2) is 22.5 Å². The summed E-state index contributed by atoms with van der Waals surface area (Å²) in [5.41, 5.74) is 10.6. The van der Waals surface area contributed by atoms with Crippen LogP contribution in [0, 0.1) is 6.92 Å². The molecule has 2 heterocycles. The second-order valence-corrected chi connectivity index (χ2v) is 6.66. The molecule has 0 amide bonds. The summed E-state index contributed by atoms with van der Waals surface area (Å²) in [5.74, 6) is 0.891. The van der Waals surface area contributed by atoms with Crippen molar-refractivity contribution >= 4 is 16.3 Å². The van der Waals surface area contributed by atoms with E-state index in [1.807, 2.05) is 19.1 Å². The van der Waals surface area contributed by atoms with Crippen LogP contribution in [0.2, 0.25) is 0 Å². The average Bonchev–Trinajstić information content (AvgIpc) is 3.04. The van der Waals surface area contributed by atoms with Crippen LogP contribution in [0.15, 0.2) is 24.3 Å². The number of benzene rings is 1. The van der Waals surface area contributed by atoms with Crippen LogP contribution in [0.25, 0.3) is 16.2 Å². The molecule has 0 saturated heterocycles. The minimum Gasteiger partial charge on any atom is -0.494 e. The lowest BCUT2D eigenvalue weighted by Gasteiger charge is -2.07. The molecule has 3 aromatic rings. The van der Waals surface area contributed by atoms with Crippen LogP contribution in [0.5, 0.6) is 5.75 Å². The molecule has 122 valence electrons. The molecule has 0 atom stereocenters. The largest absolute Gasteiger partial charge is 0.494 e. The van der Waals surface area contributed by atoms with Gasteiger partial charge in [0.2, 0.25) is 0 Å². The first-order valence-electron chi connectivity index (χ1n) is 8.12. The molecule has 0 aliphatic rings. The molecule has 0 aliphatic carbocycles. The lowest BCUT2D eigenvalue weighted by molar-refractivity contribution is 0.340. The summed E-state index contributed by atoms with van der Waals surface area (Å²) in [7, 11) is 0. The molecular formula is C18H23N3OS. The topological polar surface area (TPSA) is 52.5 Å². The smallest absolute Gasteiger partial charge is 0.194 e. The van der Waals surface area contributed by atoms with Gasteiger partial charge < -0.3 is 10.5 Å². The monoisotopic (exact) mass is 329 g/mol. The Morgan fingerprint density at radius 1 is 1.17 bits per heavy atom. The van der Waals surface area contributed by atoms with E-state index in [0.29, 0.717) is 13.2 Å². The second-order valence-electron chi connectivity index (χ2n) is 5.48. The van der Waals surface area contributed by atoms with E-state index in [4.69, 9.17) is 15.5 Å². The predicted octanol–water partition coefficient (Wildman–Crippen LogP) is 3.83. The summed E-state index contributed by atoms with van der Waals surface area (Å²) in [6.45, 7) is 7.65. The van der Waals surface area contributed by atoms with Gasteiger partial charge in [0.05, 0.1) is 18.0 Å². The van der Waals surface area contributed by atoms with Gasteiger partial charge in [0, 0.05) is 22.6 Å². The Balaban J connectivity index is 2.12. The zero-order chi connectivity index (χ0) is 16.4. The number of aromatic nitrogens is 2. The maximum Gasteiger partial charge on any atom is 0.194 e. The molecule has 3 rings (SSSR count). The molecule has 0 spiro atoms. The molecular weight excluding hydrogens is 306 g/mol. The molecule has 1 aromatic carbocycles. The highest BCUT2D eigenvalue weighted by atomic mass is 32.1. The fraction of sp³-hybridized carbons (Fsp3) is 0.389. The van der Waals surface area contributed by atoms with Gasteiger partial charge in [-0.1, -0.05) is 6.92 Å². The van der Waals surface area contributed by atoms with Crippen molar-refractivity contribution in [2.75, 3.05) is 13.2 Å². The highest BCUT2D eigenvalue weighted by molar-refractivity contribution is 7.17. The van der Waals surface area contributed by atoms with Crippen LogP contribution in [0.4, 0.5) is 0 Å². The number of hydrogen-bond acceptors (Lipinski definition) is 4. The third-order valence-electron chi connectivity index (χ3n) is 4.02. The summed E-state index contributed by atoms with van der Waals surface area (Å²) in [5, 5.41) is 0. The number of fused-ring (bicyclic) bond motifs is 1. The number of aryl methyl sites for hydroxylation is 2. The first kappa shape index (κ1) is 16.0. The van der Waals surface area contributed by atoms with Gasteiger partial charge in [0.1, 0.15) is 5.75 Å². The van der Waals surface area contributed by atoms with Crippen molar-refractivity contribution in [2.45, 2.75) is 33.6 Å². The first-order valence-corrected chi connectivity index (χ1v) is 8.94. The van der Waals surface area contributed by atoms with Gasteiger partial charge in [-0.15, -0.1) is 11.3 Å². The third-order valence-corrected chi connectivity index (χ3v) is 5.02. The van der Waals surface area contributed by atoms with E-state index in [1.54, 1.807) is 11.3 Å². The fourth-order valence-corrected chi connectivity index (χ4v) is 4.09. The molecule has 0 saturated carbocycles. The maximum atomic E-state index is 5.86. The van der Waals surface area contributed by atoms with E-state index in [9.17, 15) is 0 Å². The molecule has 0 fully saturated rings. The van der Waals surface area contributed by atoms with Gasteiger partial charge in [-0.3, -0.25) is 4.40 Å². The van der Waals surface area contributed by atoms with Crippen LogP contribution < -0.4 is 10.5 Å². The number of nitrogens with two attached hydrogens (primary N) is 1. The van der Waals surface area contributed by atoms with Crippen molar-refractivity contribution in [2.24, 2.45) is 5.73 Å². The van der Waals surface area contributed by atoms with E-state index < -0.39 is 0 Å². The molecule has 0 aliphatic heterocycles. The average molecular weight is 329 g/mol. The number of ether oxygens (including phenoxy) is 1. The quantitative estimate of drug-likeness (QED) is 0.747. The van der Waals surface area contributed by atoms with Crippen molar-refractivity contribution < 1.29 is 4.74 Å². The van der Waals surface area contributed by atoms with Gasteiger partial charge in [-0.05, 0) is 51.1 Å². The predicted molar refractivity (Wildman–Crippen MR) is 96.5 cm³/mol. The van der Waals surface area contributed by atoms with Gasteiger partial charge in [-0.2, -0.15) is 0 Å². The van der Waals surface area contributed by atoms with Crippen molar-refractivity contribution in [3.8, 4) is 17.0 Å². The van der Waals surface area contributed by atoms with Crippen LogP contribution in [0.3, 0.4) is 0 Å². The molecule has 2 aromatic heterocycles. The van der Waals surface area contributed by atoms with Crippen LogP contribution in [0.1, 0.15) is 30.1 Å². The highest BCUT2D eigenvalue weighted by Crippen LogP contribution is 2.32. The molecule has 23 heavy (non-hydrogen) atoms. The molecule has 0 bridgehead atoms. The number of imidazole rings is 1. The molecule has 4 nitrogen and oxygen atoms in total. The van der Waals surface area contributed by atoms with E-state index >= 15 is 0 Å². The number of rotatable bonds is 6. The lowest BCUT2D eigenvalue weighted by Crippen LogP contribution is -2.07. The summed E-state index contributed by atoms with van der Waals surface area (Å²) >= 11 is 1.76. The van der Waals surface area contributed by atoms with Crippen molar-refractivity contribution in [1.82, 2.24) is 9.38 Å². The minimum absolute atomic E-state index is 0.621. The Kier molecular flexibility index (Phi) is 4.68. The van der Waals surface area contributed by atoms with E-state index in [1.165, 1.54) is 16.3 Å². The van der Waals surface area contributed by atoms with Crippen LogP contribution >= 0.6 is 11.3 Å². The van der Waals surface area contributed by atoms with Gasteiger partial charge in [-0.25, -0.2) is 4.98 Å². The van der Waals surface area contributed by atoms with Crippen molar-refractivity contribution in [3.05, 3.63) is 40.5 Å². The van der Waals surface area contributed by atoms with Gasteiger partial charge in [0.15, 0.2) is 4.96 Å².